The van der Waals surface area contributed by atoms with E-state index in [0.717, 1.165) is 19.3 Å². The van der Waals surface area contributed by atoms with Crippen molar-refractivity contribution in [2.75, 3.05) is 12.8 Å². The first-order valence-corrected chi connectivity index (χ1v) is 5.70. The number of Topliss-reactive ketones (excluding diaryl/α,β-unsaturated/α-hetero) is 1. The van der Waals surface area contributed by atoms with E-state index in [-0.39, 0.29) is 17.1 Å². The van der Waals surface area contributed by atoms with E-state index in [1.165, 1.54) is 12.1 Å². The van der Waals surface area contributed by atoms with Crippen LogP contribution in [-0.4, -0.2) is 18.5 Å². The Balaban J connectivity index is 2.11. The summed E-state index contributed by atoms with van der Waals surface area (Å²) in [6.45, 7) is 0. The molecule has 0 aliphatic heterocycles. The summed E-state index contributed by atoms with van der Waals surface area (Å²) in [6, 6.07) is 4.17. The number of anilines is 1. The van der Waals surface area contributed by atoms with Gasteiger partial charge in [0.1, 0.15) is 5.82 Å². The molecule has 0 heterocycles. The highest BCUT2D eigenvalue weighted by atomic mass is 19.1. The van der Waals surface area contributed by atoms with Gasteiger partial charge in [-0.05, 0) is 37.5 Å². The summed E-state index contributed by atoms with van der Waals surface area (Å²) < 4.78 is 18.6. The lowest BCUT2D eigenvalue weighted by Crippen LogP contribution is -2.41. The predicted octanol–water partition coefficient (Wildman–Crippen LogP) is 2.55. The van der Waals surface area contributed by atoms with E-state index in [0.29, 0.717) is 12.0 Å². The van der Waals surface area contributed by atoms with Gasteiger partial charge in [-0.2, -0.15) is 0 Å². The molecule has 1 aliphatic carbocycles. The standard InChI is InChI=1S/C13H16FNO2/c1-17-13(5-2-6-13)8-12(16)9-3-4-11(15)10(14)7-9/h3-4,7H,2,5-6,8,15H2,1H3. The maximum atomic E-state index is 13.2. The Morgan fingerprint density at radius 1 is 1.53 bits per heavy atom. The van der Waals surface area contributed by atoms with Crippen LogP contribution in [-0.2, 0) is 4.74 Å². The first-order valence-electron chi connectivity index (χ1n) is 5.70. The Morgan fingerprint density at radius 2 is 2.24 bits per heavy atom. The van der Waals surface area contributed by atoms with Gasteiger partial charge in [-0.15, -0.1) is 0 Å². The van der Waals surface area contributed by atoms with E-state index in [1.54, 1.807) is 13.2 Å². The molecule has 92 valence electrons. The Hall–Kier alpha value is -1.42. The van der Waals surface area contributed by atoms with Crippen molar-refractivity contribution in [1.29, 1.82) is 0 Å². The van der Waals surface area contributed by atoms with Crippen molar-refractivity contribution in [3.8, 4) is 0 Å². The minimum absolute atomic E-state index is 0.0617. The van der Waals surface area contributed by atoms with E-state index in [4.69, 9.17) is 10.5 Å². The first kappa shape index (κ1) is 12.0. The van der Waals surface area contributed by atoms with Crippen LogP contribution < -0.4 is 5.73 Å². The number of nitrogens with two attached hydrogens (primary N) is 1. The van der Waals surface area contributed by atoms with Crippen LogP contribution in [0.1, 0.15) is 36.0 Å². The molecule has 1 aromatic carbocycles. The third-order valence-corrected chi connectivity index (χ3v) is 3.50. The fraction of sp³-hybridized carbons (Fsp3) is 0.462. The lowest BCUT2D eigenvalue weighted by atomic mass is 9.76. The summed E-state index contributed by atoms with van der Waals surface area (Å²) in [5.74, 6) is -0.638. The lowest BCUT2D eigenvalue weighted by Gasteiger charge is -2.40. The maximum absolute atomic E-state index is 13.2. The monoisotopic (exact) mass is 237 g/mol. The number of halogens is 1. The number of benzene rings is 1. The molecule has 0 atom stereocenters. The quantitative estimate of drug-likeness (QED) is 0.646. The van der Waals surface area contributed by atoms with Gasteiger partial charge >= 0.3 is 0 Å². The molecule has 2 N–H and O–H groups in total. The fourth-order valence-electron chi connectivity index (χ4n) is 2.12. The molecule has 0 unspecified atom stereocenters. The highest BCUT2D eigenvalue weighted by Crippen LogP contribution is 2.38. The van der Waals surface area contributed by atoms with Gasteiger partial charge < -0.3 is 10.5 Å². The number of hydrogen-bond donors (Lipinski definition) is 1. The molecule has 0 saturated heterocycles. The highest BCUT2D eigenvalue weighted by molar-refractivity contribution is 5.97. The van der Waals surface area contributed by atoms with Crippen LogP contribution in [0, 0.1) is 5.82 Å². The number of hydrogen-bond acceptors (Lipinski definition) is 3. The average molecular weight is 237 g/mol. The molecule has 17 heavy (non-hydrogen) atoms. The molecule has 1 fully saturated rings. The second kappa shape index (κ2) is 4.45. The number of carbonyl (C=O) groups excluding carboxylic acids is 1. The van der Waals surface area contributed by atoms with E-state index in [2.05, 4.69) is 0 Å². The lowest BCUT2D eigenvalue weighted by molar-refractivity contribution is -0.0704. The van der Waals surface area contributed by atoms with Crippen molar-refractivity contribution in [3.05, 3.63) is 29.6 Å². The molecule has 0 amide bonds. The van der Waals surface area contributed by atoms with Crippen molar-refractivity contribution in [1.82, 2.24) is 0 Å². The number of methoxy groups -OCH3 is 1. The molecule has 1 aliphatic rings. The molecular weight excluding hydrogens is 221 g/mol. The summed E-state index contributed by atoms with van der Waals surface area (Å²) in [5.41, 5.74) is 5.47. The SMILES string of the molecule is COC1(CC(=O)c2ccc(N)c(F)c2)CCC1. The van der Waals surface area contributed by atoms with Gasteiger partial charge in [-0.1, -0.05) is 0 Å². The van der Waals surface area contributed by atoms with Crippen molar-refractivity contribution >= 4 is 11.5 Å². The fourth-order valence-corrected chi connectivity index (χ4v) is 2.12. The molecule has 2 rings (SSSR count). The summed E-state index contributed by atoms with van der Waals surface area (Å²) in [5, 5.41) is 0. The van der Waals surface area contributed by atoms with Gasteiger partial charge in [0.15, 0.2) is 5.78 Å². The molecule has 0 aromatic heterocycles. The van der Waals surface area contributed by atoms with Crippen LogP contribution >= 0.6 is 0 Å². The average Bonchev–Trinajstić information content (AvgIpc) is 2.27. The normalized spacial score (nSPS) is 17.5. The maximum Gasteiger partial charge on any atom is 0.165 e. The summed E-state index contributed by atoms with van der Waals surface area (Å²) in [7, 11) is 1.62. The van der Waals surface area contributed by atoms with E-state index in [9.17, 15) is 9.18 Å². The third-order valence-electron chi connectivity index (χ3n) is 3.50. The predicted molar refractivity (Wildman–Crippen MR) is 63.4 cm³/mol. The molecule has 1 saturated carbocycles. The van der Waals surface area contributed by atoms with Gasteiger partial charge in [-0.25, -0.2) is 4.39 Å². The number of carbonyl (C=O) groups is 1. The van der Waals surface area contributed by atoms with Crippen LogP contribution in [0.4, 0.5) is 10.1 Å². The Bertz CT molecular complexity index is 436. The number of nitrogen functional groups attached to an aromatic ring is 1. The topological polar surface area (TPSA) is 52.3 Å². The molecule has 0 spiro atoms. The van der Waals surface area contributed by atoms with Crippen molar-refractivity contribution in [2.24, 2.45) is 0 Å². The largest absolute Gasteiger partial charge is 0.396 e. The number of ketones is 1. The minimum Gasteiger partial charge on any atom is -0.396 e. The summed E-state index contributed by atoms with van der Waals surface area (Å²) >= 11 is 0. The minimum atomic E-state index is -0.545. The van der Waals surface area contributed by atoms with Gasteiger partial charge in [0, 0.05) is 19.1 Å². The number of ether oxygens (including phenoxy) is 1. The van der Waals surface area contributed by atoms with Gasteiger partial charge in [0.2, 0.25) is 0 Å². The van der Waals surface area contributed by atoms with Crippen molar-refractivity contribution < 1.29 is 13.9 Å². The molecule has 1 aromatic rings. The molecular formula is C13H16FNO2. The summed E-state index contributed by atoms with van der Waals surface area (Å²) in [6.07, 6.45) is 3.18. The Labute approximate surface area is 99.8 Å². The highest BCUT2D eigenvalue weighted by Gasteiger charge is 2.39. The summed E-state index contributed by atoms with van der Waals surface area (Å²) in [4.78, 5) is 12.0. The van der Waals surface area contributed by atoms with Crippen LogP contribution in [0.5, 0.6) is 0 Å². The molecule has 3 nitrogen and oxygen atoms in total. The molecule has 4 heteroatoms. The second-order valence-corrected chi connectivity index (χ2v) is 4.58. The first-order chi connectivity index (χ1) is 8.06. The molecule has 0 radical (unpaired) electrons. The van der Waals surface area contributed by atoms with E-state index >= 15 is 0 Å². The zero-order valence-corrected chi connectivity index (χ0v) is 9.83. The number of rotatable bonds is 4. The van der Waals surface area contributed by atoms with Crippen LogP contribution in [0.15, 0.2) is 18.2 Å². The Morgan fingerprint density at radius 3 is 2.71 bits per heavy atom. The van der Waals surface area contributed by atoms with Crippen LogP contribution in [0.2, 0.25) is 0 Å². The second-order valence-electron chi connectivity index (χ2n) is 4.58. The zero-order valence-electron chi connectivity index (χ0n) is 9.83. The molecule has 0 bridgehead atoms. The van der Waals surface area contributed by atoms with Gasteiger partial charge in [-0.3, -0.25) is 4.79 Å². The van der Waals surface area contributed by atoms with E-state index < -0.39 is 5.82 Å². The Kier molecular flexibility index (Phi) is 3.15. The van der Waals surface area contributed by atoms with Gasteiger partial charge in [0.05, 0.1) is 11.3 Å². The van der Waals surface area contributed by atoms with Crippen molar-refractivity contribution in [2.45, 2.75) is 31.3 Å². The van der Waals surface area contributed by atoms with E-state index in [1.807, 2.05) is 0 Å². The third kappa shape index (κ3) is 2.31. The zero-order chi connectivity index (χ0) is 12.5. The van der Waals surface area contributed by atoms with Crippen LogP contribution in [0.3, 0.4) is 0 Å². The van der Waals surface area contributed by atoms with Gasteiger partial charge in [0.25, 0.3) is 0 Å². The van der Waals surface area contributed by atoms with Crippen LogP contribution in [0.25, 0.3) is 0 Å². The van der Waals surface area contributed by atoms with Crippen molar-refractivity contribution in [3.63, 3.8) is 0 Å². The smallest absolute Gasteiger partial charge is 0.165 e.